The van der Waals surface area contributed by atoms with Crippen molar-refractivity contribution in [2.45, 2.75) is 130 Å². The van der Waals surface area contributed by atoms with E-state index < -0.39 is 30.7 Å². The number of nitrogen functional groups attached to an aromatic ring is 1. The number of esters is 1. The van der Waals surface area contributed by atoms with Gasteiger partial charge < -0.3 is 19.8 Å². The lowest BCUT2D eigenvalue weighted by atomic mass is 10.1. The lowest BCUT2D eigenvalue weighted by Crippen LogP contribution is -2.52. The topological polar surface area (TPSA) is 176 Å². The molecule has 1 aliphatic carbocycles. The molecule has 3 rings (SSSR count). The van der Waals surface area contributed by atoms with E-state index in [9.17, 15) is 14.3 Å². The summed E-state index contributed by atoms with van der Waals surface area (Å²) in [5, 5.41) is 6.14. The summed E-state index contributed by atoms with van der Waals surface area (Å²) < 4.78 is 28.2. The van der Waals surface area contributed by atoms with E-state index in [1.807, 2.05) is 13.8 Å². The third-order valence-corrected chi connectivity index (χ3v) is 10.3. The van der Waals surface area contributed by atoms with Crippen molar-refractivity contribution >= 4 is 30.4 Å². The number of unbranched alkanes of at least 4 members (excludes halogenated alkanes) is 6. The van der Waals surface area contributed by atoms with Gasteiger partial charge in [0.1, 0.15) is 23.7 Å². The summed E-state index contributed by atoms with van der Waals surface area (Å²) >= 11 is 0. The average molecular weight is 654 g/mol. The van der Waals surface area contributed by atoms with Crippen molar-refractivity contribution in [3.63, 3.8) is 0 Å². The zero-order valence-electron chi connectivity index (χ0n) is 27.9. The van der Waals surface area contributed by atoms with E-state index in [2.05, 4.69) is 39.0 Å². The van der Waals surface area contributed by atoms with Crippen LogP contribution in [0.25, 0.3) is 11.2 Å². The maximum atomic E-state index is 14.7. The summed E-state index contributed by atoms with van der Waals surface area (Å²) in [6, 6.07) is 0. The Morgan fingerprint density at radius 3 is 2.47 bits per heavy atom. The maximum Gasteiger partial charge on any atom is 0.329 e. The third kappa shape index (κ3) is 10.2. The fourth-order valence-corrected chi connectivity index (χ4v) is 7.99. The van der Waals surface area contributed by atoms with Gasteiger partial charge in [0.25, 0.3) is 0 Å². The highest BCUT2D eigenvalue weighted by Crippen LogP contribution is 2.54. The summed E-state index contributed by atoms with van der Waals surface area (Å²) in [7, 11) is -3.77. The number of carbonyl (C=O) groups is 1. The van der Waals surface area contributed by atoms with Crippen LogP contribution < -0.4 is 15.9 Å². The highest BCUT2D eigenvalue weighted by molar-refractivity contribution is 7.59. The van der Waals surface area contributed by atoms with Crippen LogP contribution in [0.3, 0.4) is 0 Å². The number of fused-ring (bicyclic) bond motifs is 1. The van der Waals surface area contributed by atoms with E-state index in [0.29, 0.717) is 35.5 Å². The smallest absolute Gasteiger partial charge is 0.329 e. The van der Waals surface area contributed by atoms with Crippen molar-refractivity contribution in [3.05, 3.63) is 17.6 Å². The molecule has 1 unspecified atom stereocenters. The average Bonchev–Trinajstić information content (AvgIpc) is 3.56. The molecule has 4 atom stereocenters. The van der Waals surface area contributed by atoms with Crippen LogP contribution >= 0.6 is 7.44 Å². The summed E-state index contributed by atoms with van der Waals surface area (Å²) in [5.74, 6) is -0.340. The second-order valence-corrected chi connectivity index (χ2v) is 14.8. The second-order valence-electron chi connectivity index (χ2n) is 12.6. The van der Waals surface area contributed by atoms with E-state index in [1.165, 1.54) is 6.33 Å². The molecule has 0 amide bonds. The van der Waals surface area contributed by atoms with Crippen LogP contribution in [0, 0.1) is 10.8 Å². The lowest BCUT2D eigenvalue weighted by molar-refractivity contribution is -0.840. The Balaban J connectivity index is 1.75. The number of aromatic nitrogens is 4. The number of hydrogen-bond donors (Lipinski definition) is 3. The molecule has 254 valence electrons. The number of imidazole rings is 1. The first kappa shape index (κ1) is 36.8. The quantitative estimate of drug-likeness (QED) is 0.0454. The number of nitrogens with zero attached hydrogens (tertiary/aromatic N) is 5. The summed E-state index contributed by atoms with van der Waals surface area (Å²) in [6.07, 6.45) is 11.1. The van der Waals surface area contributed by atoms with Crippen molar-refractivity contribution < 1.29 is 28.6 Å². The van der Waals surface area contributed by atoms with Crippen LogP contribution in [0.2, 0.25) is 0 Å². The predicted octanol–water partition coefficient (Wildman–Crippen LogP) is 5.46. The molecule has 15 heteroatoms. The molecular formula is C30H54N8O6P+. The van der Waals surface area contributed by atoms with Gasteiger partial charge in [-0.2, -0.15) is 5.09 Å². The largest absolute Gasteiger partial charge is 0.464 e. The Morgan fingerprint density at radius 2 is 1.82 bits per heavy atom. The van der Waals surface area contributed by atoms with Gasteiger partial charge in [0.15, 0.2) is 18.1 Å². The first-order chi connectivity index (χ1) is 21.4. The van der Waals surface area contributed by atoms with Gasteiger partial charge >= 0.3 is 11.6 Å². The van der Waals surface area contributed by atoms with Crippen molar-refractivity contribution in [3.8, 4) is 0 Å². The summed E-state index contributed by atoms with van der Waals surface area (Å²) in [6.45, 7) is 12.2. The fraction of sp³-hybridized carbons (Fsp3) is 0.800. The molecule has 0 saturated heterocycles. The van der Waals surface area contributed by atoms with Gasteiger partial charge in [-0.1, -0.05) is 52.9 Å². The van der Waals surface area contributed by atoms with E-state index in [1.54, 1.807) is 24.7 Å². The van der Waals surface area contributed by atoms with E-state index in [4.69, 9.17) is 20.0 Å². The standard InChI is InChI=1S/C30H54N8O6P/c1-7-10-12-14-16-42-28(39)29(5,6)35-45(41,36-30(18-24(30)9-3)38(40)44-17-15-13-11-8-2)22-43-23(4)19-37-21-34-25-26(31)32-20-33-27(25)37/h20-21,23-24H,7-19,22H2,1-6H3,(H2,31,32,33)(H2,35,36,41)/q+1/t23-,24-,30+,45?/m1/s1. The molecule has 1 aliphatic rings. The van der Waals surface area contributed by atoms with Crippen molar-refractivity contribution in [2.75, 3.05) is 25.3 Å². The first-order valence-electron chi connectivity index (χ1n) is 16.4. The molecule has 2 aromatic heterocycles. The molecule has 2 aromatic rings. The van der Waals surface area contributed by atoms with Gasteiger partial charge in [-0.15, -0.1) is 0 Å². The number of nitrogens with one attached hydrogen (secondary N) is 2. The molecule has 14 nitrogen and oxygen atoms in total. The van der Waals surface area contributed by atoms with Crippen LogP contribution in [0.1, 0.15) is 106 Å². The third-order valence-electron chi connectivity index (χ3n) is 8.10. The Hall–Kier alpha value is -2.67. The SMILES string of the molecule is CCCCCCOC(=O)C(C)(C)NP(=O)(CO[C@H](C)Cn1cnc2c(N)ncnc21)N[C@]1([N+](=O)OCCCCCC)C[C@H]1CC. The number of hydrogen-bond acceptors (Lipinski definition) is 10. The summed E-state index contributed by atoms with van der Waals surface area (Å²) in [5.41, 5.74) is 4.43. The van der Waals surface area contributed by atoms with Crippen LogP contribution in [-0.2, 0) is 30.2 Å². The number of nitrogens with two attached hydrogens (primary N) is 1. The van der Waals surface area contributed by atoms with Gasteiger partial charge in [-0.05, 0) is 46.5 Å². The number of carbonyl (C=O) groups excluding carboxylic acids is 1. The van der Waals surface area contributed by atoms with E-state index in [0.717, 1.165) is 51.4 Å². The molecular weight excluding hydrogens is 599 g/mol. The number of anilines is 1. The van der Waals surface area contributed by atoms with E-state index in [-0.39, 0.29) is 31.3 Å². The van der Waals surface area contributed by atoms with Crippen molar-refractivity contribution in [1.29, 1.82) is 0 Å². The summed E-state index contributed by atoms with van der Waals surface area (Å²) in [4.78, 5) is 45.2. The van der Waals surface area contributed by atoms with Gasteiger partial charge in [-0.3, -0.25) is 9.36 Å². The van der Waals surface area contributed by atoms with Crippen LogP contribution in [0.5, 0.6) is 0 Å². The zero-order chi connectivity index (χ0) is 33.1. The minimum atomic E-state index is -3.77. The van der Waals surface area contributed by atoms with Crippen LogP contribution in [-0.4, -0.2) is 67.3 Å². The predicted molar refractivity (Wildman–Crippen MR) is 173 cm³/mol. The van der Waals surface area contributed by atoms with Crippen molar-refractivity contribution in [2.24, 2.45) is 5.92 Å². The minimum absolute atomic E-state index is 0.0886. The zero-order valence-corrected chi connectivity index (χ0v) is 28.8. The molecule has 1 saturated carbocycles. The Bertz CT molecular complexity index is 1310. The minimum Gasteiger partial charge on any atom is -0.464 e. The Kier molecular flexibility index (Phi) is 13.7. The molecule has 0 bridgehead atoms. The maximum absolute atomic E-state index is 14.7. The molecule has 0 radical (unpaired) electrons. The molecule has 2 heterocycles. The van der Waals surface area contributed by atoms with Crippen molar-refractivity contribution in [1.82, 2.24) is 29.7 Å². The molecule has 45 heavy (non-hydrogen) atoms. The first-order valence-corrected chi connectivity index (χ1v) is 18.3. The van der Waals surface area contributed by atoms with Gasteiger partial charge in [0, 0.05) is 6.42 Å². The molecule has 0 aliphatic heterocycles. The Labute approximate surface area is 267 Å². The highest BCUT2D eigenvalue weighted by atomic mass is 31.2. The second kappa shape index (κ2) is 16.8. The molecule has 4 N–H and O–H groups in total. The van der Waals surface area contributed by atoms with Crippen LogP contribution in [0.15, 0.2) is 12.7 Å². The molecule has 0 aromatic carbocycles. The van der Waals surface area contributed by atoms with E-state index >= 15 is 0 Å². The normalized spacial score (nSPS) is 20.1. The lowest BCUT2D eigenvalue weighted by Gasteiger charge is -2.31. The molecule has 0 spiro atoms. The fourth-order valence-electron chi connectivity index (χ4n) is 5.36. The van der Waals surface area contributed by atoms with Gasteiger partial charge in [0.2, 0.25) is 12.4 Å². The Morgan fingerprint density at radius 1 is 1.13 bits per heavy atom. The number of rotatable bonds is 23. The number of ether oxygens (including phenoxy) is 2. The van der Waals surface area contributed by atoms with Crippen LogP contribution in [0.4, 0.5) is 5.82 Å². The molecule has 1 fully saturated rings. The monoisotopic (exact) mass is 653 g/mol. The highest BCUT2D eigenvalue weighted by Gasteiger charge is 2.72. The van der Waals surface area contributed by atoms with Gasteiger partial charge in [0.05, 0.1) is 36.4 Å². The van der Waals surface area contributed by atoms with Gasteiger partial charge in [-0.25, -0.2) is 24.9 Å².